The summed E-state index contributed by atoms with van der Waals surface area (Å²) in [7, 11) is -4.64. The Labute approximate surface area is 98.9 Å². The van der Waals surface area contributed by atoms with Crippen molar-refractivity contribution in [1.29, 1.82) is 0 Å². The molecule has 5 N–H and O–H groups in total. The maximum Gasteiger partial charge on any atom is 0.466 e. The van der Waals surface area contributed by atoms with Crippen molar-refractivity contribution in [3.05, 3.63) is 28.9 Å². The molecule has 0 aliphatic rings. The Morgan fingerprint density at radius 1 is 1.25 bits per heavy atom. The third kappa shape index (κ3) is 4.34. The lowest BCUT2D eigenvalue weighted by Gasteiger charge is -1.90. The number of H-pyrrole nitrogens is 1. The molecule has 0 radical (unpaired) electrons. The van der Waals surface area contributed by atoms with E-state index in [1.165, 1.54) is 0 Å². The van der Waals surface area contributed by atoms with Crippen LogP contribution in [-0.4, -0.2) is 24.8 Å². The van der Waals surface area contributed by atoms with Gasteiger partial charge >= 0.3 is 7.82 Å². The van der Waals surface area contributed by atoms with Gasteiger partial charge in [0.1, 0.15) is 5.75 Å². The van der Waals surface area contributed by atoms with E-state index in [1.54, 1.807) is 6.20 Å². The molecule has 0 aliphatic carbocycles. The van der Waals surface area contributed by atoms with E-state index in [2.05, 4.69) is 20.9 Å². The van der Waals surface area contributed by atoms with Crippen LogP contribution in [0.3, 0.4) is 0 Å². The highest BCUT2D eigenvalue weighted by atomic mass is 79.9. The van der Waals surface area contributed by atoms with Gasteiger partial charge in [-0.25, -0.2) is 4.57 Å². The van der Waals surface area contributed by atoms with Crippen molar-refractivity contribution < 1.29 is 24.4 Å². The number of hydrogen-bond donors (Lipinski definition) is 5. The number of aromatic amines is 1. The van der Waals surface area contributed by atoms with Gasteiger partial charge in [-0.2, -0.15) is 0 Å². The lowest BCUT2D eigenvalue weighted by Crippen LogP contribution is -1.66. The van der Waals surface area contributed by atoms with Crippen LogP contribution in [0.1, 0.15) is 0 Å². The minimum Gasteiger partial charge on any atom is -0.506 e. The van der Waals surface area contributed by atoms with Gasteiger partial charge in [-0.15, -0.1) is 0 Å². The number of aromatic nitrogens is 1. The molecule has 6 nitrogen and oxygen atoms in total. The van der Waals surface area contributed by atoms with Crippen LogP contribution < -0.4 is 0 Å². The zero-order valence-electron chi connectivity index (χ0n) is 7.83. The number of benzene rings is 1. The molecule has 0 saturated carbocycles. The van der Waals surface area contributed by atoms with Crippen LogP contribution in [0, 0.1) is 0 Å². The number of nitrogens with one attached hydrogen (secondary N) is 1. The molecule has 16 heavy (non-hydrogen) atoms. The van der Waals surface area contributed by atoms with E-state index in [1.807, 2.05) is 18.2 Å². The van der Waals surface area contributed by atoms with E-state index >= 15 is 0 Å². The van der Waals surface area contributed by atoms with Gasteiger partial charge in [0.2, 0.25) is 0 Å². The van der Waals surface area contributed by atoms with E-state index in [4.69, 9.17) is 19.2 Å². The first-order valence-corrected chi connectivity index (χ1v) is 6.37. The van der Waals surface area contributed by atoms with Crippen LogP contribution >= 0.6 is 23.8 Å². The Morgan fingerprint density at radius 3 is 2.38 bits per heavy atom. The highest BCUT2D eigenvalue weighted by molar-refractivity contribution is 9.10. The minimum absolute atomic E-state index is 0.299. The van der Waals surface area contributed by atoms with Crippen LogP contribution in [0.15, 0.2) is 28.9 Å². The van der Waals surface area contributed by atoms with Crippen LogP contribution in [0.4, 0.5) is 0 Å². The van der Waals surface area contributed by atoms with Crippen molar-refractivity contribution in [2.45, 2.75) is 0 Å². The van der Waals surface area contributed by atoms with E-state index in [0.717, 1.165) is 15.4 Å². The number of phosphoric acid groups is 1. The predicted octanol–water partition coefficient (Wildman–Crippen LogP) is 1.71. The Balaban J connectivity index is 0.000000221. The second kappa shape index (κ2) is 4.99. The third-order valence-electron chi connectivity index (χ3n) is 1.62. The van der Waals surface area contributed by atoms with Gasteiger partial charge in [0.25, 0.3) is 0 Å². The molecule has 1 aromatic heterocycles. The fourth-order valence-electron chi connectivity index (χ4n) is 1.08. The molecule has 0 unspecified atom stereocenters. The van der Waals surface area contributed by atoms with Gasteiger partial charge < -0.3 is 24.8 Å². The van der Waals surface area contributed by atoms with Gasteiger partial charge in [-0.05, 0) is 18.2 Å². The normalized spacial score (nSPS) is 11.0. The van der Waals surface area contributed by atoms with Crippen molar-refractivity contribution >= 4 is 34.7 Å². The highest BCUT2D eigenvalue weighted by Gasteiger charge is 2.00. The first-order chi connectivity index (χ1) is 7.27. The van der Waals surface area contributed by atoms with Crippen molar-refractivity contribution in [1.82, 2.24) is 4.98 Å². The Kier molecular flexibility index (Phi) is 4.12. The van der Waals surface area contributed by atoms with Crippen molar-refractivity contribution in [2.75, 3.05) is 0 Å². The van der Waals surface area contributed by atoms with Crippen LogP contribution in [-0.2, 0) is 4.57 Å². The van der Waals surface area contributed by atoms with Gasteiger partial charge in [0.05, 0.1) is 5.52 Å². The van der Waals surface area contributed by atoms with Gasteiger partial charge in [0, 0.05) is 16.1 Å². The maximum absolute atomic E-state index is 9.26. The van der Waals surface area contributed by atoms with Crippen LogP contribution in [0.5, 0.6) is 5.75 Å². The lowest BCUT2D eigenvalue weighted by molar-refractivity contribution is 0.275. The first-order valence-electron chi connectivity index (χ1n) is 4.01. The molecule has 2 aromatic rings. The number of hydrogen-bond acceptors (Lipinski definition) is 2. The Hall–Kier alpha value is -0.850. The maximum atomic E-state index is 9.26. The van der Waals surface area contributed by atoms with Crippen molar-refractivity contribution in [3.8, 4) is 5.75 Å². The summed E-state index contributed by atoms with van der Waals surface area (Å²) in [5.41, 5.74) is 0.942. The summed E-state index contributed by atoms with van der Waals surface area (Å²) in [5.74, 6) is 0.299. The first kappa shape index (κ1) is 13.2. The predicted molar refractivity (Wildman–Crippen MR) is 61.9 cm³/mol. The monoisotopic (exact) mass is 309 g/mol. The van der Waals surface area contributed by atoms with E-state index in [0.29, 0.717) is 5.75 Å². The quantitative estimate of drug-likeness (QED) is 0.475. The topological polar surface area (TPSA) is 114 Å². The number of aromatic hydroxyl groups is 1. The van der Waals surface area contributed by atoms with E-state index < -0.39 is 7.82 Å². The summed E-state index contributed by atoms with van der Waals surface area (Å²) in [5, 5.41) is 10.1. The molecule has 1 aromatic carbocycles. The fraction of sp³-hybridized carbons (Fsp3) is 0. The molecule has 0 bridgehead atoms. The molecule has 2 rings (SSSR count). The standard InChI is InChI=1S/C8H6BrNO.H3O4P/c9-5-1-2-6-7(3-5)10-4-8(6)11;1-5(2,3)4/h1-4,10-11H;(H3,1,2,3,4). The van der Waals surface area contributed by atoms with E-state index in [9.17, 15) is 5.11 Å². The van der Waals surface area contributed by atoms with Crippen LogP contribution in [0.2, 0.25) is 0 Å². The second-order valence-corrected chi connectivity index (χ2v) is 4.82. The number of halogens is 1. The van der Waals surface area contributed by atoms with Gasteiger partial charge in [-0.3, -0.25) is 0 Å². The average Bonchev–Trinajstić information content (AvgIpc) is 2.44. The second-order valence-electron chi connectivity index (χ2n) is 2.88. The van der Waals surface area contributed by atoms with Gasteiger partial charge in [0.15, 0.2) is 0 Å². The van der Waals surface area contributed by atoms with E-state index in [-0.39, 0.29) is 0 Å². The molecule has 88 valence electrons. The zero-order valence-corrected chi connectivity index (χ0v) is 10.3. The number of rotatable bonds is 0. The largest absolute Gasteiger partial charge is 0.506 e. The Bertz CT molecular complexity index is 526. The molecule has 1 heterocycles. The molecule has 0 fully saturated rings. The molecule has 0 amide bonds. The fourth-order valence-corrected chi connectivity index (χ4v) is 1.44. The third-order valence-corrected chi connectivity index (χ3v) is 2.12. The molecular weight excluding hydrogens is 301 g/mol. The molecule has 0 aliphatic heterocycles. The molecule has 0 spiro atoms. The summed E-state index contributed by atoms with van der Waals surface area (Å²) in [6.07, 6.45) is 1.58. The molecule has 0 saturated heterocycles. The number of fused-ring (bicyclic) bond motifs is 1. The Morgan fingerprint density at radius 2 is 1.81 bits per heavy atom. The highest BCUT2D eigenvalue weighted by Crippen LogP contribution is 2.26. The summed E-state index contributed by atoms with van der Waals surface area (Å²) in [6, 6.07) is 5.69. The van der Waals surface area contributed by atoms with Crippen molar-refractivity contribution in [2.24, 2.45) is 0 Å². The van der Waals surface area contributed by atoms with Crippen LogP contribution in [0.25, 0.3) is 10.9 Å². The summed E-state index contributed by atoms with van der Waals surface area (Å²) < 4.78 is 9.89. The smallest absolute Gasteiger partial charge is 0.466 e. The summed E-state index contributed by atoms with van der Waals surface area (Å²) in [4.78, 5) is 24.5. The summed E-state index contributed by atoms with van der Waals surface area (Å²) >= 11 is 3.34. The van der Waals surface area contributed by atoms with Crippen molar-refractivity contribution in [3.63, 3.8) is 0 Å². The SMILES string of the molecule is O=P(O)(O)O.Oc1c[nH]c2cc(Br)ccc12. The average molecular weight is 310 g/mol. The molecule has 8 heteroatoms. The summed E-state index contributed by atoms with van der Waals surface area (Å²) in [6.45, 7) is 0. The van der Waals surface area contributed by atoms with Gasteiger partial charge in [-0.1, -0.05) is 15.9 Å². The zero-order chi connectivity index (χ0) is 12.3. The molecular formula is C8H9BrNO5P. The minimum atomic E-state index is -4.64. The molecule has 0 atom stereocenters. The lowest BCUT2D eigenvalue weighted by atomic mass is 10.2.